The van der Waals surface area contributed by atoms with Crippen molar-refractivity contribution in [2.24, 2.45) is 0 Å². The van der Waals surface area contributed by atoms with Gasteiger partial charge in [0.05, 0.1) is 12.3 Å². The third kappa shape index (κ3) is 3.03. The van der Waals surface area contributed by atoms with Gasteiger partial charge in [-0.15, -0.1) is 0 Å². The molecule has 0 saturated heterocycles. The summed E-state index contributed by atoms with van der Waals surface area (Å²) in [7, 11) is 1.81. The second kappa shape index (κ2) is 4.82. The Kier molecular flexibility index (Phi) is 3.71. The van der Waals surface area contributed by atoms with Crippen molar-refractivity contribution in [3.8, 4) is 0 Å². The Morgan fingerprint density at radius 2 is 1.92 bits per heavy atom. The van der Waals surface area contributed by atoms with Gasteiger partial charge in [-0.2, -0.15) is 0 Å². The van der Waals surface area contributed by atoms with Crippen LogP contribution in [0.1, 0.15) is 13.3 Å². The molecule has 0 heterocycles. The quantitative estimate of drug-likeness (QED) is 0.665. The highest BCUT2D eigenvalue weighted by atomic mass is 19.1. The monoisotopic (exact) mass is 183 g/mol. The van der Waals surface area contributed by atoms with Crippen LogP contribution in [0.25, 0.3) is 0 Å². The van der Waals surface area contributed by atoms with Crippen molar-refractivity contribution in [1.82, 2.24) is 0 Å². The SMILES string of the molecule is CCCON(C)c1ccc(F)cc1. The molecule has 0 aromatic heterocycles. The maximum absolute atomic E-state index is 12.5. The number of hydroxylamine groups is 1. The van der Waals surface area contributed by atoms with E-state index in [9.17, 15) is 4.39 Å². The maximum Gasteiger partial charge on any atom is 0.123 e. The van der Waals surface area contributed by atoms with Crippen molar-refractivity contribution in [3.63, 3.8) is 0 Å². The van der Waals surface area contributed by atoms with E-state index in [1.54, 1.807) is 17.2 Å². The molecule has 0 aliphatic carbocycles. The molecule has 2 nitrogen and oxygen atoms in total. The Labute approximate surface area is 77.9 Å². The second-order valence-corrected chi connectivity index (χ2v) is 2.81. The molecule has 3 heteroatoms. The third-order valence-corrected chi connectivity index (χ3v) is 1.68. The number of hydrogen-bond donors (Lipinski definition) is 0. The van der Waals surface area contributed by atoms with E-state index in [2.05, 4.69) is 0 Å². The van der Waals surface area contributed by atoms with E-state index in [1.165, 1.54) is 12.1 Å². The molecule has 0 atom stereocenters. The number of anilines is 1. The van der Waals surface area contributed by atoms with E-state index in [4.69, 9.17) is 4.84 Å². The lowest BCUT2D eigenvalue weighted by atomic mass is 10.3. The number of halogens is 1. The largest absolute Gasteiger partial charge is 0.274 e. The van der Waals surface area contributed by atoms with Crippen LogP contribution in [-0.2, 0) is 4.84 Å². The van der Waals surface area contributed by atoms with Gasteiger partial charge in [-0.25, -0.2) is 4.39 Å². The molecule has 72 valence electrons. The fraction of sp³-hybridized carbons (Fsp3) is 0.400. The summed E-state index contributed by atoms with van der Waals surface area (Å²) in [4.78, 5) is 5.33. The highest BCUT2D eigenvalue weighted by molar-refractivity contribution is 5.42. The molecule has 0 radical (unpaired) electrons. The van der Waals surface area contributed by atoms with Crippen molar-refractivity contribution >= 4 is 5.69 Å². The normalized spacial score (nSPS) is 10.1. The van der Waals surface area contributed by atoms with Crippen LogP contribution < -0.4 is 5.06 Å². The topological polar surface area (TPSA) is 12.5 Å². The molecular formula is C10H14FNO. The molecule has 1 rings (SSSR count). The van der Waals surface area contributed by atoms with E-state index >= 15 is 0 Å². The Bertz CT molecular complexity index is 248. The highest BCUT2D eigenvalue weighted by Crippen LogP contribution is 2.13. The van der Waals surface area contributed by atoms with E-state index in [1.807, 2.05) is 14.0 Å². The van der Waals surface area contributed by atoms with Crippen LogP contribution in [0.4, 0.5) is 10.1 Å². The Morgan fingerprint density at radius 3 is 2.46 bits per heavy atom. The van der Waals surface area contributed by atoms with Crippen LogP contribution in [0.3, 0.4) is 0 Å². The van der Waals surface area contributed by atoms with Gasteiger partial charge < -0.3 is 0 Å². The minimum absolute atomic E-state index is 0.229. The van der Waals surface area contributed by atoms with Crippen LogP contribution in [0.15, 0.2) is 24.3 Å². The van der Waals surface area contributed by atoms with E-state index < -0.39 is 0 Å². The van der Waals surface area contributed by atoms with Crippen LogP contribution >= 0.6 is 0 Å². The lowest BCUT2D eigenvalue weighted by Gasteiger charge is -2.17. The first-order valence-electron chi connectivity index (χ1n) is 4.36. The summed E-state index contributed by atoms with van der Waals surface area (Å²) in [5, 5.41) is 1.64. The zero-order chi connectivity index (χ0) is 9.68. The Hall–Kier alpha value is -1.09. The smallest absolute Gasteiger partial charge is 0.123 e. The standard InChI is InChI=1S/C10H14FNO/c1-3-8-13-12(2)10-6-4-9(11)5-7-10/h4-7H,3,8H2,1-2H3. The van der Waals surface area contributed by atoms with E-state index in [0.717, 1.165) is 12.1 Å². The van der Waals surface area contributed by atoms with Crippen molar-refractivity contribution in [2.45, 2.75) is 13.3 Å². The van der Waals surface area contributed by atoms with Gasteiger partial charge >= 0.3 is 0 Å². The van der Waals surface area contributed by atoms with E-state index in [-0.39, 0.29) is 5.82 Å². The van der Waals surface area contributed by atoms with Gasteiger partial charge in [0.15, 0.2) is 0 Å². The van der Waals surface area contributed by atoms with Crippen molar-refractivity contribution in [2.75, 3.05) is 18.7 Å². The summed E-state index contributed by atoms with van der Waals surface area (Å²) in [5.74, 6) is -0.229. The summed E-state index contributed by atoms with van der Waals surface area (Å²) in [6, 6.07) is 6.21. The van der Waals surface area contributed by atoms with Crippen LogP contribution in [0.5, 0.6) is 0 Å². The number of benzene rings is 1. The first-order valence-corrected chi connectivity index (χ1v) is 4.36. The minimum Gasteiger partial charge on any atom is -0.274 e. The lowest BCUT2D eigenvalue weighted by Crippen LogP contribution is -2.17. The average molecular weight is 183 g/mol. The Morgan fingerprint density at radius 1 is 1.31 bits per heavy atom. The minimum atomic E-state index is -0.229. The molecule has 1 aromatic carbocycles. The van der Waals surface area contributed by atoms with Gasteiger partial charge in [0.2, 0.25) is 0 Å². The molecule has 0 unspecified atom stereocenters. The summed E-state index contributed by atoms with van der Waals surface area (Å²) >= 11 is 0. The molecule has 0 bridgehead atoms. The summed E-state index contributed by atoms with van der Waals surface area (Å²) in [6.45, 7) is 2.71. The number of nitrogens with zero attached hydrogens (tertiary/aromatic N) is 1. The van der Waals surface area contributed by atoms with Gasteiger partial charge in [-0.05, 0) is 30.7 Å². The zero-order valence-corrected chi connectivity index (χ0v) is 7.96. The molecule has 0 saturated carbocycles. The van der Waals surface area contributed by atoms with Crippen molar-refractivity contribution in [1.29, 1.82) is 0 Å². The van der Waals surface area contributed by atoms with Crippen molar-refractivity contribution < 1.29 is 9.23 Å². The van der Waals surface area contributed by atoms with Crippen LogP contribution in [0, 0.1) is 5.82 Å². The van der Waals surface area contributed by atoms with Crippen LogP contribution in [-0.4, -0.2) is 13.7 Å². The van der Waals surface area contributed by atoms with Gasteiger partial charge in [-0.3, -0.25) is 9.90 Å². The molecule has 0 aliphatic rings. The predicted molar refractivity (Wildman–Crippen MR) is 51.0 cm³/mol. The molecule has 13 heavy (non-hydrogen) atoms. The molecule has 0 spiro atoms. The van der Waals surface area contributed by atoms with Gasteiger partial charge in [0.25, 0.3) is 0 Å². The average Bonchev–Trinajstić information content (AvgIpc) is 2.15. The molecule has 0 aliphatic heterocycles. The zero-order valence-electron chi connectivity index (χ0n) is 7.96. The summed E-state index contributed by atoms with van der Waals surface area (Å²) in [6.07, 6.45) is 0.964. The fourth-order valence-corrected chi connectivity index (χ4v) is 0.954. The molecule has 0 amide bonds. The number of rotatable bonds is 4. The Balaban J connectivity index is 2.55. The fourth-order valence-electron chi connectivity index (χ4n) is 0.954. The summed E-state index contributed by atoms with van der Waals surface area (Å²) < 4.78 is 12.5. The molecule has 0 N–H and O–H groups in total. The van der Waals surface area contributed by atoms with Gasteiger partial charge in [0.1, 0.15) is 5.82 Å². The maximum atomic E-state index is 12.5. The molecular weight excluding hydrogens is 169 g/mol. The van der Waals surface area contributed by atoms with Crippen molar-refractivity contribution in [3.05, 3.63) is 30.1 Å². The first kappa shape index (κ1) is 9.99. The predicted octanol–water partition coefficient (Wildman–Crippen LogP) is 2.60. The number of hydrogen-bond acceptors (Lipinski definition) is 2. The van der Waals surface area contributed by atoms with Crippen LogP contribution in [0.2, 0.25) is 0 Å². The third-order valence-electron chi connectivity index (χ3n) is 1.68. The molecule has 0 fully saturated rings. The van der Waals surface area contributed by atoms with Gasteiger partial charge in [0, 0.05) is 7.05 Å². The van der Waals surface area contributed by atoms with Gasteiger partial charge in [-0.1, -0.05) is 6.92 Å². The first-order chi connectivity index (χ1) is 6.24. The molecule has 1 aromatic rings. The van der Waals surface area contributed by atoms with E-state index in [0.29, 0.717) is 6.61 Å². The second-order valence-electron chi connectivity index (χ2n) is 2.81. The lowest BCUT2D eigenvalue weighted by molar-refractivity contribution is 0.122. The summed E-state index contributed by atoms with van der Waals surface area (Å²) in [5.41, 5.74) is 0.856. The highest BCUT2D eigenvalue weighted by Gasteiger charge is 1.99.